The Hall–Kier alpha value is -2.17. The number of aromatic amines is 1. The number of nitrogens with two attached hydrogens (primary N) is 1. The van der Waals surface area contributed by atoms with E-state index >= 15 is 0 Å². The molecule has 1 aliphatic heterocycles. The van der Waals surface area contributed by atoms with Gasteiger partial charge in [0.05, 0.1) is 6.20 Å². The number of aromatic nitrogens is 2. The van der Waals surface area contributed by atoms with E-state index in [-0.39, 0.29) is 0 Å². The molecule has 3 N–H and O–H groups in total. The van der Waals surface area contributed by atoms with Crippen molar-refractivity contribution in [3.8, 4) is 22.6 Å². The number of hydrogen-bond donors (Lipinski definition) is 2. The molecule has 5 heteroatoms. The van der Waals surface area contributed by atoms with Crippen molar-refractivity contribution in [1.29, 1.82) is 0 Å². The molecule has 0 fully saturated rings. The van der Waals surface area contributed by atoms with Crippen LogP contribution >= 0.6 is 0 Å². The van der Waals surface area contributed by atoms with Crippen LogP contribution in [-0.2, 0) is 0 Å². The third-order valence-electron chi connectivity index (χ3n) is 2.84. The third-order valence-corrected chi connectivity index (χ3v) is 2.84. The Morgan fingerprint density at radius 2 is 1.94 bits per heavy atom. The van der Waals surface area contributed by atoms with Gasteiger partial charge in [0.1, 0.15) is 19.0 Å². The summed E-state index contributed by atoms with van der Waals surface area (Å²) in [6, 6.07) is 3.97. The molecule has 0 atom stereocenters. The van der Waals surface area contributed by atoms with Gasteiger partial charge >= 0.3 is 0 Å². The Balaban J connectivity index is 2.21. The minimum Gasteiger partial charge on any atom is -0.486 e. The minimum absolute atomic E-state index is 0.533. The largest absolute Gasteiger partial charge is 0.486 e. The highest BCUT2D eigenvalue weighted by molar-refractivity contribution is 5.81. The summed E-state index contributed by atoms with van der Waals surface area (Å²) in [5, 5.41) is 6.64. The average Bonchev–Trinajstić information content (AvgIpc) is 2.77. The molecule has 0 aliphatic carbocycles. The van der Waals surface area contributed by atoms with Gasteiger partial charge in [-0.05, 0) is 18.6 Å². The summed E-state index contributed by atoms with van der Waals surface area (Å²) < 4.78 is 11.3. The van der Waals surface area contributed by atoms with E-state index < -0.39 is 0 Å². The van der Waals surface area contributed by atoms with E-state index in [9.17, 15) is 0 Å². The lowest BCUT2D eigenvalue weighted by Crippen LogP contribution is -2.16. The molecule has 1 aromatic carbocycles. The first-order valence-corrected chi connectivity index (χ1v) is 5.46. The number of H-pyrrole nitrogens is 1. The number of ether oxygens (including phenoxy) is 2. The SMILES string of the molecule is Cc1ccc(-c2cn[nH]c2N)c2c1OCCO2. The molecule has 2 heterocycles. The number of nitrogens with zero attached hydrogens (tertiary/aromatic N) is 1. The van der Waals surface area contributed by atoms with Crippen LogP contribution in [0.25, 0.3) is 11.1 Å². The molecule has 1 aliphatic rings. The van der Waals surface area contributed by atoms with Gasteiger partial charge in [0, 0.05) is 11.1 Å². The van der Waals surface area contributed by atoms with Crippen LogP contribution in [0.1, 0.15) is 5.56 Å². The van der Waals surface area contributed by atoms with Gasteiger partial charge in [-0.1, -0.05) is 6.07 Å². The molecule has 0 radical (unpaired) electrons. The van der Waals surface area contributed by atoms with Gasteiger partial charge in [0.25, 0.3) is 0 Å². The quantitative estimate of drug-likeness (QED) is 0.784. The van der Waals surface area contributed by atoms with E-state index in [4.69, 9.17) is 15.2 Å². The number of rotatable bonds is 1. The summed E-state index contributed by atoms with van der Waals surface area (Å²) >= 11 is 0. The molecule has 88 valence electrons. The molecule has 0 unspecified atom stereocenters. The summed E-state index contributed by atoms with van der Waals surface area (Å²) in [7, 11) is 0. The Bertz CT molecular complexity index is 563. The van der Waals surface area contributed by atoms with Crippen molar-refractivity contribution < 1.29 is 9.47 Å². The average molecular weight is 231 g/mol. The molecule has 5 nitrogen and oxygen atoms in total. The van der Waals surface area contributed by atoms with Crippen molar-refractivity contribution in [2.24, 2.45) is 0 Å². The molecule has 3 rings (SSSR count). The molecule has 17 heavy (non-hydrogen) atoms. The van der Waals surface area contributed by atoms with Crippen molar-refractivity contribution in [2.75, 3.05) is 18.9 Å². The van der Waals surface area contributed by atoms with Gasteiger partial charge in [0.15, 0.2) is 11.5 Å². The zero-order valence-electron chi connectivity index (χ0n) is 9.49. The van der Waals surface area contributed by atoms with Gasteiger partial charge in [-0.2, -0.15) is 5.10 Å². The summed E-state index contributed by atoms with van der Waals surface area (Å²) in [5.41, 5.74) is 8.64. The van der Waals surface area contributed by atoms with Crippen LogP contribution in [0.15, 0.2) is 18.3 Å². The van der Waals surface area contributed by atoms with Crippen LogP contribution in [0.2, 0.25) is 0 Å². The van der Waals surface area contributed by atoms with Crippen molar-refractivity contribution in [3.05, 3.63) is 23.9 Å². The number of nitrogen functional groups attached to an aromatic ring is 1. The second kappa shape index (κ2) is 3.69. The van der Waals surface area contributed by atoms with Crippen LogP contribution in [0, 0.1) is 6.92 Å². The van der Waals surface area contributed by atoms with E-state index in [0.717, 1.165) is 28.2 Å². The van der Waals surface area contributed by atoms with Crippen LogP contribution < -0.4 is 15.2 Å². The van der Waals surface area contributed by atoms with Crippen LogP contribution in [-0.4, -0.2) is 23.4 Å². The van der Waals surface area contributed by atoms with Crippen molar-refractivity contribution in [2.45, 2.75) is 6.92 Å². The lowest BCUT2D eigenvalue weighted by molar-refractivity contribution is 0.171. The predicted octanol–water partition coefficient (Wildman–Crippen LogP) is 1.74. The lowest BCUT2D eigenvalue weighted by atomic mass is 10.0. The number of benzene rings is 1. The van der Waals surface area contributed by atoms with E-state index in [0.29, 0.717) is 19.0 Å². The number of aryl methyl sites for hydroxylation is 1. The number of nitrogens with one attached hydrogen (secondary N) is 1. The Kier molecular flexibility index (Phi) is 2.18. The Labute approximate surface area is 98.5 Å². The summed E-state index contributed by atoms with van der Waals surface area (Å²) in [5.74, 6) is 2.09. The van der Waals surface area contributed by atoms with Gasteiger partial charge in [-0.25, -0.2) is 0 Å². The fourth-order valence-electron chi connectivity index (χ4n) is 1.99. The zero-order valence-corrected chi connectivity index (χ0v) is 9.49. The Morgan fingerprint density at radius 1 is 1.18 bits per heavy atom. The molecule has 0 saturated heterocycles. The number of hydrogen-bond acceptors (Lipinski definition) is 4. The molecule has 0 spiro atoms. The molecule has 1 aromatic heterocycles. The summed E-state index contributed by atoms with van der Waals surface area (Å²) in [4.78, 5) is 0. The van der Waals surface area contributed by atoms with Gasteiger partial charge in [-0.15, -0.1) is 0 Å². The van der Waals surface area contributed by atoms with E-state index in [1.165, 1.54) is 0 Å². The fraction of sp³-hybridized carbons (Fsp3) is 0.250. The standard InChI is InChI=1S/C12H13N3O2/c1-7-2-3-8(9-6-14-15-12(9)13)11-10(7)16-4-5-17-11/h2-3,6H,4-5H2,1H3,(H3,13,14,15). The number of fused-ring (bicyclic) bond motifs is 1. The number of anilines is 1. The lowest BCUT2D eigenvalue weighted by Gasteiger charge is -2.22. The third kappa shape index (κ3) is 1.51. The van der Waals surface area contributed by atoms with Crippen molar-refractivity contribution >= 4 is 5.82 Å². The van der Waals surface area contributed by atoms with Gasteiger partial charge in [-0.3, -0.25) is 5.10 Å². The van der Waals surface area contributed by atoms with E-state index in [1.807, 2.05) is 19.1 Å². The predicted molar refractivity (Wildman–Crippen MR) is 64.2 cm³/mol. The molecule has 2 aromatic rings. The summed E-state index contributed by atoms with van der Waals surface area (Å²) in [6.07, 6.45) is 1.69. The molecule has 0 saturated carbocycles. The first kappa shape index (κ1) is 10.0. The Morgan fingerprint density at radius 3 is 2.65 bits per heavy atom. The van der Waals surface area contributed by atoms with Crippen LogP contribution in [0.3, 0.4) is 0 Å². The van der Waals surface area contributed by atoms with Gasteiger partial charge < -0.3 is 15.2 Å². The molecular formula is C12H13N3O2. The normalized spacial score (nSPS) is 13.7. The zero-order chi connectivity index (χ0) is 11.8. The maximum Gasteiger partial charge on any atom is 0.169 e. The van der Waals surface area contributed by atoms with Crippen molar-refractivity contribution in [3.63, 3.8) is 0 Å². The monoisotopic (exact) mass is 231 g/mol. The molecular weight excluding hydrogens is 218 g/mol. The second-order valence-electron chi connectivity index (χ2n) is 3.98. The topological polar surface area (TPSA) is 73.2 Å². The molecule has 0 amide bonds. The highest BCUT2D eigenvalue weighted by Gasteiger charge is 2.20. The second-order valence-corrected chi connectivity index (χ2v) is 3.98. The maximum atomic E-state index is 5.83. The minimum atomic E-state index is 0.533. The van der Waals surface area contributed by atoms with Crippen LogP contribution in [0.4, 0.5) is 5.82 Å². The highest BCUT2D eigenvalue weighted by atomic mass is 16.6. The summed E-state index contributed by atoms with van der Waals surface area (Å²) in [6.45, 7) is 3.13. The highest BCUT2D eigenvalue weighted by Crippen LogP contribution is 2.43. The first-order valence-electron chi connectivity index (χ1n) is 5.46. The van der Waals surface area contributed by atoms with Crippen molar-refractivity contribution in [1.82, 2.24) is 10.2 Å². The van der Waals surface area contributed by atoms with Crippen LogP contribution in [0.5, 0.6) is 11.5 Å². The molecule has 0 bridgehead atoms. The smallest absolute Gasteiger partial charge is 0.169 e. The van der Waals surface area contributed by atoms with E-state index in [1.54, 1.807) is 6.20 Å². The van der Waals surface area contributed by atoms with E-state index in [2.05, 4.69) is 10.2 Å². The van der Waals surface area contributed by atoms with Gasteiger partial charge in [0.2, 0.25) is 0 Å². The first-order chi connectivity index (χ1) is 8.27. The fourth-order valence-corrected chi connectivity index (χ4v) is 1.99. The maximum absolute atomic E-state index is 5.83.